The number of hydrogen-bond acceptors (Lipinski definition) is 8. The third-order valence-corrected chi connectivity index (χ3v) is 5.57. The highest BCUT2D eigenvalue weighted by Gasteiger charge is 2.25. The second-order valence-electron chi connectivity index (χ2n) is 8.64. The first kappa shape index (κ1) is 23.3. The van der Waals surface area contributed by atoms with Crippen LogP contribution in [-0.2, 0) is 17.8 Å². The van der Waals surface area contributed by atoms with Gasteiger partial charge >= 0.3 is 5.97 Å². The summed E-state index contributed by atoms with van der Waals surface area (Å²) in [6.45, 7) is 5.74. The molecule has 2 heterocycles. The first-order valence-corrected chi connectivity index (χ1v) is 11.2. The third-order valence-electron chi connectivity index (χ3n) is 5.57. The van der Waals surface area contributed by atoms with E-state index in [0.717, 1.165) is 24.2 Å². The fourth-order valence-electron chi connectivity index (χ4n) is 3.99. The predicted molar refractivity (Wildman–Crippen MR) is 126 cm³/mol. The van der Waals surface area contributed by atoms with E-state index in [1.807, 2.05) is 42.8 Å². The van der Waals surface area contributed by atoms with Crippen LogP contribution in [0.25, 0.3) is 11.5 Å². The molecule has 9 nitrogen and oxygen atoms in total. The van der Waals surface area contributed by atoms with Gasteiger partial charge in [-0.2, -0.15) is 10.2 Å². The number of fused-ring (bicyclic) bond motifs is 1. The van der Waals surface area contributed by atoms with Gasteiger partial charge in [-0.1, -0.05) is 12.1 Å². The smallest absolute Gasteiger partial charge is 0.304 e. The van der Waals surface area contributed by atoms with Gasteiger partial charge < -0.3 is 24.2 Å². The number of carbonyl (C=O) groups is 1. The van der Waals surface area contributed by atoms with E-state index in [2.05, 4.69) is 22.3 Å². The van der Waals surface area contributed by atoms with Crippen molar-refractivity contribution in [1.82, 2.24) is 15.0 Å². The first-order valence-electron chi connectivity index (χ1n) is 11.2. The molecule has 0 amide bonds. The minimum atomic E-state index is -0.792. The van der Waals surface area contributed by atoms with Crippen molar-refractivity contribution in [1.29, 1.82) is 5.26 Å². The minimum Gasteiger partial charge on any atom is -0.490 e. The van der Waals surface area contributed by atoms with Crippen molar-refractivity contribution in [2.24, 2.45) is 0 Å². The lowest BCUT2D eigenvalue weighted by atomic mass is 10.1. The van der Waals surface area contributed by atoms with E-state index in [1.165, 1.54) is 5.56 Å². The molecular weight excluding hydrogens is 434 g/mol. The van der Waals surface area contributed by atoms with Gasteiger partial charge in [-0.3, -0.25) is 4.79 Å². The Morgan fingerprint density at radius 3 is 2.88 bits per heavy atom. The molecule has 0 atom stereocenters. The summed E-state index contributed by atoms with van der Waals surface area (Å²) in [4.78, 5) is 19.4. The largest absolute Gasteiger partial charge is 0.490 e. The van der Waals surface area contributed by atoms with Crippen LogP contribution < -0.4 is 9.64 Å². The molecule has 3 aromatic rings. The number of anilines is 2. The zero-order valence-corrected chi connectivity index (χ0v) is 19.5. The number of nitrogens with zero attached hydrogens (tertiary/aromatic N) is 5. The summed E-state index contributed by atoms with van der Waals surface area (Å²) in [5.74, 6) is 0.548. The molecular formula is C25H27N5O4. The summed E-state index contributed by atoms with van der Waals surface area (Å²) in [5.41, 5.74) is 4.43. The van der Waals surface area contributed by atoms with Gasteiger partial charge in [0.25, 0.3) is 11.8 Å². The molecule has 1 aromatic heterocycles. The molecule has 0 saturated heterocycles. The third kappa shape index (κ3) is 5.18. The summed E-state index contributed by atoms with van der Waals surface area (Å²) in [7, 11) is 1.92. The molecule has 0 fully saturated rings. The number of benzene rings is 2. The summed E-state index contributed by atoms with van der Waals surface area (Å²) in [6, 6.07) is 13.7. The Morgan fingerprint density at radius 1 is 1.32 bits per heavy atom. The maximum Gasteiger partial charge on any atom is 0.304 e. The van der Waals surface area contributed by atoms with Crippen molar-refractivity contribution in [2.45, 2.75) is 39.3 Å². The molecule has 0 unspecified atom stereocenters. The molecule has 0 aliphatic carbocycles. The highest BCUT2D eigenvalue weighted by Crippen LogP contribution is 2.35. The van der Waals surface area contributed by atoms with E-state index in [-0.39, 0.29) is 12.5 Å². The average molecular weight is 462 g/mol. The summed E-state index contributed by atoms with van der Waals surface area (Å²) >= 11 is 0. The maximum absolute atomic E-state index is 10.8. The molecule has 0 bridgehead atoms. The lowest BCUT2D eigenvalue weighted by molar-refractivity contribution is -0.137. The van der Waals surface area contributed by atoms with Crippen molar-refractivity contribution >= 4 is 17.6 Å². The molecule has 1 aliphatic rings. The van der Waals surface area contributed by atoms with Crippen molar-refractivity contribution in [3.05, 3.63) is 53.1 Å². The topological polar surface area (TPSA) is 116 Å². The number of carboxylic acid groups (broad SMARTS) is 1. The van der Waals surface area contributed by atoms with E-state index in [1.54, 1.807) is 18.2 Å². The number of carboxylic acids is 1. The fourth-order valence-corrected chi connectivity index (χ4v) is 3.99. The maximum atomic E-state index is 10.8. The number of aliphatic carboxylic acids is 1. The van der Waals surface area contributed by atoms with Gasteiger partial charge in [0.15, 0.2) is 0 Å². The second kappa shape index (κ2) is 9.93. The quantitative estimate of drug-likeness (QED) is 0.505. The first-order chi connectivity index (χ1) is 16.3. The Morgan fingerprint density at radius 2 is 2.15 bits per heavy atom. The van der Waals surface area contributed by atoms with E-state index in [0.29, 0.717) is 41.8 Å². The number of rotatable bonds is 9. The van der Waals surface area contributed by atoms with Gasteiger partial charge in [-0.25, -0.2) is 0 Å². The monoisotopic (exact) mass is 461 g/mol. The van der Waals surface area contributed by atoms with Crippen LogP contribution in [0.15, 0.2) is 40.9 Å². The van der Waals surface area contributed by atoms with Crippen LogP contribution in [0.5, 0.6) is 5.75 Å². The van der Waals surface area contributed by atoms with Gasteiger partial charge in [-0.15, -0.1) is 0 Å². The Labute approximate surface area is 198 Å². The van der Waals surface area contributed by atoms with E-state index < -0.39 is 5.97 Å². The van der Waals surface area contributed by atoms with Gasteiger partial charge in [0, 0.05) is 30.9 Å². The van der Waals surface area contributed by atoms with Gasteiger partial charge in [0.1, 0.15) is 11.8 Å². The number of aromatic nitrogens is 2. The lowest BCUT2D eigenvalue weighted by Gasteiger charge is -2.17. The zero-order chi connectivity index (χ0) is 24.2. The normalized spacial score (nSPS) is 12.8. The minimum absolute atomic E-state index is 0.0335. The van der Waals surface area contributed by atoms with E-state index >= 15 is 0 Å². The van der Waals surface area contributed by atoms with Crippen LogP contribution in [0.3, 0.4) is 0 Å². The second-order valence-corrected chi connectivity index (χ2v) is 8.64. The molecule has 0 radical (unpaired) electrons. The summed E-state index contributed by atoms with van der Waals surface area (Å²) < 4.78 is 11.2. The van der Waals surface area contributed by atoms with Crippen LogP contribution in [0.4, 0.5) is 11.6 Å². The predicted octanol–water partition coefficient (Wildman–Crippen LogP) is 4.00. The van der Waals surface area contributed by atoms with Crippen molar-refractivity contribution < 1.29 is 19.2 Å². The molecule has 176 valence electrons. The van der Waals surface area contributed by atoms with Crippen LogP contribution in [0.2, 0.25) is 0 Å². The number of ether oxygens (including phenoxy) is 1. The van der Waals surface area contributed by atoms with Gasteiger partial charge in [0.05, 0.1) is 18.1 Å². The average Bonchev–Trinajstić information content (AvgIpc) is 3.44. The molecule has 0 saturated carbocycles. The van der Waals surface area contributed by atoms with Crippen LogP contribution >= 0.6 is 0 Å². The van der Waals surface area contributed by atoms with Crippen LogP contribution in [0, 0.1) is 11.3 Å². The van der Waals surface area contributed by atoms with Gasteiger partial charge in [0.2, 0.25) is 0 Å². The lowest BCUT2D eigenvalue weighted by Crippen LogP contribution is -2.21. The molecule has 9 heteroatoms. The Hall–Kier alpha value is -3.90. The molecule has 0 spiro atoms. The van der Waals surface area contributed by atoms with Gasteiger partial charge in [-0.05, 0) is 67.9 Å². The Kier molecular flexibility index (Phi) is 6.80. The molecule has 2 aromatic carbocycles. The Balaban J connectivity index is 1.49. The highest BCUT2D eigenvalue weighted by atomic mass is 16.5. The molecule has 1 N–H and O–H groups in total. The van der Waals surface area contributed by atoms with Crippen molar-refractivity contribution in [3.8, 4) is 23.3 Å². The SMILES string of the molecule is CC(C)Oc1ccc(-c2nc(N3CCc4cc(CN(C)CCC(=O)O)ccc43)no2)cc1C#N. The Bertz CT molecular complexity index is 1230. The van der Waals surface area contributed by atoms with E-state index in [4.69, 9.17) is 14.4 Å². The summed E-state index contributed by atoms with van der Waals surface area (Å²) in [6.07, 6.45) is 0.943. The zero-order valence-electron chi connectivity index (χ0n) is 19.5. The van der Waals surface area contributed by atoms with Crippen molar-refractivity contribution in [3.63, 3.8) is 0 Å². The van der Waals surface area contributed by atoms with E-state index in [9.17, 15) is 10.1 Å². The summed E-state index contributed by atoms with van der Waals surface area (Å²) in [5, 5.41) is 22.5. The number of nitriles is 1. The highest BCUT2D eigenvalue weighted by molar-refractivity contribution is 5.68. The number of hydrogen-bond donors (Lipinski definition) is 1. The fraction of sp³-hybridized carbons (Fsp3) is 0.360. The van der Waals surface area contributed by atoms with Crippen LogP contribution in [0.1, 0.15) is 37.0 Å². The molecule has 1 aliphatic heterocycles. The molecule has 4 rings (SSSR count). The van der Waals surface area contributed by atoms with Crippen molar-refractivity contribution in [2.75, 3.05) is 25.0 Å². The molecule has 34 heavy (non-hydrogen) atoms. The standard InChI is InChI=1S/C25H27N5O4/c1-16(2)33-22-7-5-19(13-20(22)14-26)24-27-25(28-34-24)30-11-8-18-12-17(4-6-21(18)30)15-29(3)10-9-23(31)32/h4-7,12-13,16H,8-11,15H2,1-3H3,(H,31,32). The van der Waals surface area contributed by atoms with Crippen LogP contribution in [-0.4, -0.2) is 52.4 Å².